The van der Waals surface area contributed by atoms with Crippen molar-refractivity contribution >= 4 is 22.6 Å². The smallest absolute Gasteiger partial charge is 0.261 e. The summed E-state index contributed by atoms with van der Waals surface area (Å²) < 4.78 is 19.7. The molecule has 0 saturated heterocycles. The summed E-state index contributed by atoms with van der Waals surface area (Å²) in [5, 5.41) is 5.13. The summed E-state index contributed by atoms with van der Waals surface area (Å²) in [5.74, 6) is -0.227. The molecule has 5 rings (SSSR count). The molecule has 0 radical (unpaired) electrons. The van der Waals surface area contributed by atoms with Crippen LogP contribution < -0.4 is 10.1 Å². The normalized spacial score (nSPS) is 14.2. The zero-order valence-corrected chi connectivity index (χ0v) is 21.9. The molecular formula is C33H33FN2O3. The van der Waals surface area contributed by atoms with Gasteiger partial charge in [-0.2, -0.15) is 0 Å². The van der Waals surface area contributed by atoms with Crippen molar-refractivity contribution in [1.82, 2.24) is 10.2 Å². The van der Waals surface area contributed by atoms with Gasteiger partial charge in [0.25, 0.3) is 5.91 Å². The first kappa shape index (κ1) is 26.4. The van der Waals surface area contributed by atoms with E-state index < -0.39 is 6.04 Å². The third kappa shape index (κ3) is 6.82. The molecule has 1 saturated carbocycles. The minimum Gasteiger partial charge on any atom is -0.483 e. The lowest BCUT2D eigenvalue weighted by Gasteiger charge is -2.32. The number of amides is 2. The molecule has 0 aromatic heterocycles. The van der Waals surface area contributed by atoms with Crippen molar-refractivity contribution in [3.8, 4) is 5.75 Å². The van der Waals surface area contributed by atoms with E-state index in [4.69, 9.17) is 4.74 Å². The van der Waals surface area contributed by atoms with E-state index in [1.807, 2.05) is 72.8 Å². The third-order valence-corrected chi connectivity index (χ3v) is 7.34. The number of rotatable bonds is 10. The number of ether oxygens (including phenoxy) is 1. The molecule has 5 nitrogen and oxygen atoms in total. The number of nitrogens with zero attached hydrogens (tertiary/aromatic N) is 1. The van der Waals surface area contributed by atoms with Gasteiger partial charge in [-0.1, -0.05) is 91.7 Å². The number of halogens is 1. The van der Waals surface area contributed by atoms with Gasteiger partial charge in [0.15, 0.2) is 6.61 Å². The number of fused-ring (bicyclic) bond motifs is 1. The molecule has 4 aromatic carbocycles. The van der Waals surface area contributed by atoms with Crippen LogP contribution in [0.5, 0.6) is 5.75 Å². The van der Waals surface area contributed by atoms with Crippen LogP contribution in [0.1, 0.15) is 36.8 Å². The van der Waals surface area contributed by atoms with E-state index >= 15 is 0 Å². The molecule has 1 aliphatic rings. The van der Waals surface area contributed by atoms with Crippen molar-refractivity contribution in [2.24, 2.45) is 0 Å². The second kappa shape index (κ2) is 12.6. The highest BCUT2D eigenvalue weighted by Gasteiger charge is 2.32. The molecule has 2 amide bonds. The van der Waals surface area contributed by atoms with Crippen LogP contribution in [0.2, 0.25) is 0 Å². The molecule has 0 aliphatic heterocycles. The minimum atomic E-state index is -0.748. The summed E-state index contributed by atoms with van der Waals surface area (Å²) in [6.07, 6.45) is 4.43. The van der Waals surface area contributed by atoms with Gasteiger partial charge in [0.2, 0.25) is 5.91 Å². The number of carbonyl (C=O) groups excluding carboxylic acids is 2. The Hall–Kier alpha value is -4.19. The number of benzene rings is 4. The van der Waals surface area contributed by atoms with Crippen LogP contribution in [0.4, 0.5) is 4.39 Å². The fourth-order valence-corrected chi connectivity index (χ4v) is 5.25. The molecular weight excluding hydrogens is 491 g/mol. The number of hydrogen-bond acceptors (Lipinski definition) is 3. The predicted molar refractivity (Wildman–Crippen MR) is 151 cm³/mol. The Kier molecular flexibility index (Phi) is 8.51. The molecule has 1 N–H and O–H groups in total. The lowest BCUT2D eigenvalue weighted by Crippen LogP contribution is -2.53. The number of nitrogens with one attached hydrogen (secondary N) is 1. The second-order valence-electron chi connectivity index (χ2n) is 10.1. The molecule has 39 heavy (non-hydrogen) atoms. The molecule has 200 valence electrons. The fourth-order valence-electron chi connectivity index (χ4n) is 5.25. The molecule has 1 aliphatic carbocycles. The van der Waals surface area contributed by atoms with Gasteiger partial charge in [-0.15, -0.1) is 0 Å². The van der Waals surface area contributed by atoms with Gasteiger partial charge < -0.3 is 15.0 Å². The van der Waals surface area contributed by atoms with Crippen LogP contribution in [0, 0.1) is 5.82 Å². The minimum absolute atomic E-state index is 0.116. The standard InChI is InChI=1S/C33H33FN2O3/c34-27-19-17-25(18-20-27)22-36(32(37)23-39-31-16-8-12-26-11-4-7-15-29(26)31)30(21-24-9-2-1-3-10-24)33(38)35-28-13-5-6-14-28/h1-4,7-12,15-20,28,30H,5-6,13-14,21-23H2,(H,35,38)/t30-/m1/s1. The van der Waals surface area contributed by atoms with E-state index in [0.717, 1.165) is 47.6 Å². The first-order valence-electron chi connectivity index (χ1n) is 13.6. The van der Waals surface area contributed by atoms with Crippen LogP contribution in [-0.4, -0.2) is 35.4 Å². The molecule has 0 bridgehead atoms. The maximum absolute atomic E-state index is 13.8. The molecule has 1 atom stereocenters. The highest BCUT2D eigenvalue weighted by molar-refractivity contribution is 5.90. The molecule has 6 heteroatoms. The number of hydrogen-bond donors (Lipinski definition) is 1. The summed E-state index contributed by atoms with van der Waals surface area (Å²) in [5.41, 5.74) is 1.69. The van der Waals surface area contributed by atoms with Crippen molar-refractivity contribution in [3.05, 3.63) is 114 Å². The Bertz CT molecular complexity index is 1400. The molecule has 4 aromatic rings. The molecule has 1 fully saturated rings. The molecule has 0 heterocycles. The van der Waals surface area contributed by atoms with Crippen molar-refractivity contribution in [2.45, 2.75) is 50.7 Å². The third-order valence-electron chi connectivity index (χ3n) is 7.34. The quantitative estimate of drug-likeness (QED) is 0.275. The van der Waals surface area contributed by atoms with Gasteiger partial charge in [-0.25, -0.2) is 4.39 Å². The van der Waals surface area contributed by atoms with E-state index in [2.05, 4.69) is 5.32 Å². The Morgan fingerprint density at radius 2 is 1.54 bits per heavy atom. The number of carbonyl (C=O) groups is 2. The van der Waals surface area contributed by atoms with E-state index in [0.29, 0.717) is 12.2 Å². The van der Waals surface area contributed by atoms with Crippen LogP contribution in [-0.2, 0) is 22.6 Å². The van der Waals surface area contributed by atoms with Crippen LogP contribution in [0.3, 0.4) is 0 Å². The van der Waals surface area contributed by atoms with Gasteiger partial charge in [-0.05, 0) is 47.6 Å². The average Bonchev–Trinajstić information content (AvgIpc) is 3.48. The lowest BCUT2D eigenvalue weighted by molar-refractivity contribution is -0.143. The van der Waals surface area contributed by atoms with Gasteiger partial charge in [-0.3, -0.25) is 9.59 Å². The first-order chi connectivity index (χ1) is 19.1. The summed E-state index contributed by atoms with van der Waals surface area (Å²) in [6.45, 7) is -0.0647. The highest BCUT2D eigenvalue weighted by atomic mass is 19.1. The summed E-state index contributed by atoms with van der Waals surface area (Å²) in [7, 11) is 0. The van der Waals surface area contributed by atoms with Crippen molar-refractivity contribution in [1.29, 1.82) is 0 Å². The lowest BCUT2D eigenvalue weighted by atomic mass is 10.0. The van der Waals surface area contributed by atoms with E-state index in [1.54, 1.807) is 17.0 Å². The largest absolute Gasteiger partial charge is 0.483 e. The van der Waals surface area contributed by atoms with Gasteiger partial charge in [0, 0.05) is 24.4 Å². The zero-order valence-electron chi connectivity index (χ0n) is 21.9. The predicted octanol–water partition coefficient (Wildman–Crippen LogP) is 6.06. The van der Waals surface area contributed by atoms with Crippen molar-refractivity contribution in [3.63, 3.8) is 0 Å². The van der Waals surface area contributed by atoms with Crippen LogP contribution >= 0.6 is 0 Å². The maximum Gasteiger partial charge on any atom is 0.261 e. The Morgan fingerprint density at radius 3 is 2.31 bits per heavy atom. The van der Waals surface area contributed by atoms with E-state index in [9.17, 15) is 14.0 Å². The van der Waals surface area contributed by atoms with Gasteiger partial charge >= 0.3 is 0 Å². The van der Waals surface area contributed by atoms with Crippen LogP contribution in [0.15, 0.2) is 97.1 Å². The Morgan fingerprint density at radius 1 is 0.846 bits per heavy atom. The monoisotopic (exact) mass is 524 g/mol. The van der Waals surface area contributed by atoms with Crippen LogP contribution in [0.25, 0.3) is 10.8 Å². The summed E-state index contributed by atoms with van der Waals surface area (Å²) >= 11 is 0. The Labute approximate surface area is 228 Å². The summed E-state index contributed by atoms with van der Waals surface area (Å²) in [4.78, 5) is 29.2. The summed E-state index contributed by atoms with van der Waals surface area (Å²) in [6, 6.07) is 28.7. The average molecular weight is 525 g/mol. The van der Waals surface area contributed by atoms with Crippen molar-refractivity contribution in [2.75, 3.05) is 6.61 Å². The van der Waals surface area contributed by atoms with Gasteiger partial charge in [0.05, 0.1) is 0 Å². The molecule has 0 spiro atoms. The second-order valence-corrected chi connectivity index (χ2v) is 10.1. The Balaban J connectivity index is 1.43. The van der Waals surface area contributed by atoms with Crippen molar-refractivity contribution < 1.29 is 18.7 Å². The molecule has 0 unspecified atom stereocenters. The topological polar surface area (TPSA) is 58.6 Å². The van der Waals surface area contributed by atoms with E-state index in [1.165, 1.54) is 12.1 Å². The fraction of sp³-hybridized carbons (Fsp3) is 0.273. The van der Waals surface area contributed by atoms with E-state index in [-0.39, 0.29) is 36.8 Å². The van der Waals surface area contributed by atoms with Gasteiger partial charge in [0.1, 0.15) is 17.6 Å². The highest BCUT2D eigenvalue weighted by Crippen LogP contribution is 2.26. The first-order valence-corrected chi connectivity index (χ1v) is 13.6. The SMILES string of the molecule is O=C(NC1CCCC1)[C@@H](Cc1ccccc1)N(Cc1ccc(F)cc1)C(=O)COc1cccc2ccccc12. The zero-order chi connectivity index (χ0) is 27.0. The maximum atomic E-state index is 13.8.